The van der Waals surface area contributed by atoms with E-state index >= 15 is 0 Å². The van der Waals surface area contributed by atoms with Crippen LogP contribution < -0.4 is 14.4 Å². The van der Waals surface area contributed by atoms with E-state index in [4.69, 9.17) is 4.74 Å². The molecule has 2 rings (SSSR count). The zero-order valence-electron chi connectivity index (χ0n) is 16.9. The highest BCUT2D eigenvalue weighted by Crippen LogP contribution is 2.22. The highest BCUT2D eigenvalue weighted by Gasteiger charge is 2.22. The highest BCUT2D eigenvalue weighted by atomic mass is 32.2. The smallest absolute Gasteiger partial charge is 0.259 e. The first kappa shape index (κ1) is 22.2. The van der Waals surface area contributed by atoms with Crippen molar-refractivity contribution in [2.24, 2.45) is 0 Å². The van der Waals surface area contributed by atoms with E-state index in [1.165, 1.54) is 4.90 Å². The molecule has 1 N–H and O–H groups in total. The van der Waals surface area contributed by atoms with Gasteiger partial charge in [0.15, 0.2) is 6.61 Å². The molecule has 2 aromatic rings. The molecular weight excluding hydrogens is 394 g/mol. The number of nitrogens with zero attached hydrogens (tertiary/aromatic N) is 2. The lowest BCUT2D eigenvalue weighted by Crippen LogP contribution is -2.37. The number of ether oxygens (including phenoxy) is 1. The molecule has 0 fully saturated rings. The van der Waals surface area contributed by atoms with E-state index in [-0.39, 0.29) is 19.1 Å². The number of hydrogen-bond acceptors (Lipinski definition) is 5. The summed E-state index contributed by atoms with van der Waals surface area (Å²) in [5.41, 5.74) is 1.69. The van der Waals surface area contributed by atoms with E-state index in [1.807, 2.05) is 0 Å². The van der Waals surface area contributed by atoms with Gasteiger partial charge in [-0.05, 0) is 42.8 Å². The number of sulfonamides is 1. The Balaban J connectivity index is 2.03. The second-order valence-electron chi connectivity index (χ2n) is 6.71. The standard InChI is InChI=1S/C20H25N3O5S/c1-15-7-5-6-8-18(15)23(29(4,26)27)13-19(24)21-16-9-11-17(12-10-16)28-14-20(25)22(2)3/h5-12H,13-14H2,1-4H3,(H,21,24). The van der Waals surface area contributed by atoms with Crippen molar-refractivity contribution in [2.75, 3.05) is 43.1 Å². The molecule has 156 valence electrons. The SMILES string of the molecule is Cc1ccccc1N(CC(=O)Nc1ccc(OCC(=O)N(C)C)cc1)S(C)(=O)=O. The monoisotopic (exact) mass is 419 g/mol. The molecule has 0 unspecified atom stereocenters. The molecule has 9 heteroatoms. The van der Waals surface area contributed by atoms with Crippen LogP contribution in [-0.2, 0) is 19.6 Å². The van der Waals surface area contributed by atoms with Gasteiger partial charge in [-0.15, -0.1) is 0 Å². The minimum atomic E-state index is -3.64. The number of carbonyl (C=O) groups is 2. The maximum absolute atomic E-state index is 12.4. The van der Waals surface area contributed by atoms with Gasteiger partial charge >= 0.3 is 0 Å². The summed E-state index contributed by atoms with van der Waals surface area (Å²) in [6, 6.07) is 13.4. The molecule has 0 radical (unpaired) electrons. The number of rotatable bonds is 8. The van der Waals surface area contributed by atoms with Crippen LogP contribution in [0.5, 0.6) is 5.75 Å². The minimum Gasteiger partial charge on any atom is -0.484 e. The highest BCUT2D eigenvalue weighted by molar-refractivity contribution is 7.92. The predicted molar refractivity (Wildman–Crippen MR) is 113 cm³/mol. The maximum atomic E-state index is 12.4. The van der Waals surface area contributed by atoms with Crippen LogP contribution in [0.3, 0.4) is 0 Å². The Hall–Kier alpha value is -3.07. The molecular formula is C20H25N3O5S. The van der Waals surface area contributed by atoms with E-state index < -0.39 is 15.9 Å². The molecule has 0 heterocycles. The third-order valence-corrected chi connectivity index (χ3v) is 5.20. The van der Waals surface area contributed by atoms with Gasteiger partial charge in [0.05, 0.1) is 11.9 Å². The zero-order valence-corrected chi connectivity index (χ0v) is 17.7. The fourth-order valence-corrected chi connectivity index (χ4v) is 3.38. The second-order valence-corrected chi connectivity index (χ2v) is 8.61. The van der Waals surface area contributed by atoms with Gasteiger partial charge in [0, 0.05) is 19.8 Å². The molecule has 0 atom stereocenters. The molecule has 2 amide bonds. The van der Waals surface area contributed by atoms with Gasteiger partial charge in [0.1, 0.15) is 12.3 Å². The minimum absolute atomic E-state index is 0.0849. The maximum Gasteiger partial charge on any atom is 0.259 e. The number of benzene rings is 2. The topological polar surface area (TPSA) is 96.0 Å². The second kappa shape index (κ2) is 9.42. The number of para-hydroxylation sites is 1. The number of hydrogen-bond donors (Lipinski definition) is 1. The van der Waals surface area contributed by atoms with Crippen molar-refractivity contribution in [3.05, 3.63) is 54.1 Å². The molecule has 0 bridgehead atoms. The average molecular weight is 420 g/mol. The van der Waals surface area contributed by atoms with Crippen molar-refractivity contribution in [2.45, 2.75) is 6.92 Å². The number of amides is 2. The molecule has 0 aliphatic carbocycles. The molecule has 2 aromatic carbocycles. The Morgan fingerprint density at radius 2 is 1.66 bits per heavy atom. The summed E-state index contributed by atoms with van der Waals surface area (Å²) in [6.45, 7) is 1.35. The van der Waals surface area contributed by atoms with E-state index in [0.717, 1.165) is 16.1 Å². The Morgan fingerprint density at radius 1 is 1.03 bits per heavy atom. The van der Waals surface area contributed by atoms with Gasteiger partial charge in [0.25, 0.3) is 5.91 Å². The van der Waals surface area contributed by atoms with Crippen molar-refractivity contribution >= 4 is 33.2 Å². The Bertz CT molecular complexity index is 972. The van der Waals surface area contributed by atoms with Crippen LogP contribution in [0.2, 0.25) is 0 Å². The van der Waals surface area contributed by atoms with Gasteiger partial charge in [-0.2, -0.15) is 0 Å². The first-order valence-corrected chi connectivity index (χ1v) is 10.7. The van der Waals surface area contributed by atoms with Gasteiger partial charge in [0.2, 0.25) is 15.9 Å². The Labute approximate surface area is 171 Å². The normalized spacial score (nSPS) is 10.9. The molecule has 29 heavy (non-hydrogen) atoms. The third kappa shape index (κ3) is 6.49. The lowest BCUT2D eigenvalue weighted by molar-refractivity contribution is -0.130. The number of anilines is 2. The lowest BCUT2D eigenvalue weighted by atomic mass is 10.2. The fourth-order valence-electron chi connectivity index (χ4n) is 2.46. The van der Waals surface area contributed by atoms with Crippen LogP contribution in [0.4, 0.5) is 11.4 Å². The molecule has 0 saturated carbocycles. The van der Waals surface area contributed by atoms with Crippen molar-refractivity contribution < 1.29 is 22.7 Å². The lowest BCUT2D eigenvalue weighted by Gasteiger charge is -2.23. The van der Waals surface area contributed by atoms with Crippen molar-refractivity contribution in [3.8, 4) is 5.75 Å². The number of aryl methyl sites for hydroxylation is 1. The van der Waals surface area contributed by atoms with Gasteiger partial charge in [-0.25, -0.2) is 8.42 Å². The quantitative estimate of drug-likeness (QED) is 0.705. The van der Waals surface area contributed by atoms with Gasteiger partial charge in [-0.1, -0.05) is 18.2 Å². The van der Waals surface area contributed by atoms with Gasteiger partial charge in [-0.3, -0.25) is 13.9 Å². The van der Waals surface area contributed by atoms with E-state index in [9.17, 15) is 18.0 Å². The molecule has 0 saturated heterocycles. The first-order chi connectivity index (χ1) is 13.6. The van der Waals surface area contributed by atoms with Crippen molar-refractivity contribution in [1.29, 1.82) is 0 Å². The summed E-state index contributed by atoms with van der Waals surface area (Å²) < 4.78 is 30.8. The molecule has 0 spiro atoms. The van der Waals surface area contributed by atoms with E-state index in [2.05, 4.69) is 5.32 Å². The zero-order chi connectivity index (χ0) is 21.6. The Kier molecular flexibility index (Phi) is 7.22. The van der Waals surface area contributed by atoms with Crippen LogP contribution in [-0.4, -0.2) is 58.6 Å². The number of nitrogens with one attached hydrogen (secondary N) is 1. The summed E-state index contributed by atoms with van der Waals surface area (Å²) in [5.74, 6) is -0.162. The van der Waals surface area contributed by atoms with Crippen LogP contribution in [0.25, 0.3) is 0 Å². The predicted octanol–water partition coefficient (Wildman–Crippen LogP) is 1.87. The fraction of sp³-hybridized carbons (Fsp3) is 0.300. The van der Waals surface area contributed by atoms with Crippen LogP contribution in [0, 0.1) is 6.92 Å². The molecule has 0 aromatic heterocycles. The van der Waals surface area contributed by atoms with Crippen molar-refractivity contribution in [1.82, 2.24) is 4.90 Å². The first-order valence-electron chi connectivity index (χ1n) is 8.84. The molecule has 0 aliphatic rings. The van der Waals surface area contributed by atoms with Crippen LogP contribution >= 0.6 is 0 Å². The van der Waals surface area contributed by atoms with Crippen LogP contribution in [0.1, 0.15) is 5.56 Å². The molecule has 0 aliphatic heterocycles. The third-order valence-electron chi connectivity index (χ3n) is 4.07. The van der Waals surface area contributed by atoms with Crippen molar-refractivity contribution in [3.63, 3.8) is 0 Å². The van der Waals surface area contributed by atoms with Crippen LogP contribution in [0.15, 0.2) is 48.5 Å². The van der Waals surface area contributed by atoms with Gasteiger partial charge < -0.3 is 15.0 Å². The average Bonchev–Trinajstić information content (AvgIpc) is 2.65. The summed E-state index contributed by atoms with van der Waals surface area (Å²) in [4.78, 5) is 25.4. The van der Waals surface area contributed by atoms with E-state index in [0.29, 0.717) is 17.1 Å². The Morgan fingerprint density at radius 3 is 2.21 bits per heavy atom. The molecule has 8 nitrogen and oxygen atoms in total. The van der Waals surface area contributed by atoms with E-state index in [1.54, 1.807) is 69.6 Å². The summed E-state index contributed by atoms with van der Waals surface area (Å²) in [7, 11) is -0.361. The summed E-state index contributed by atoms with van der Waals surface area (Å²) in [5, 5.41) is 2.67. The summed E-state index contributed by atoms with van der Waals surface area (Å²) >= 11 is 0. The summed E-state index contributed by atoms with van der Waals surface area (Å²) in [6.07, 6.45) is 1.06. The number of likely N-dealkylation sites (N-methyl/N-ethyl adjacent to an activating group) is 1. The largest absolute Gasteiger partial charge is 0.484 e. The number of carbonyl (C=O) groups excluding carboxylic acids is 2.